The van der Waals surface area contributed by atoms with Crippen LogP contribution < -0.4 is 20.7 Å². The summed E-state index contributed by atoms with van der Waals surface area (Å²) in [6.45, 7) is 5.68. The normalized spacial score (nSPS) is 16.4. The summed E-state index contributed by atoms with van der Waals surface area (Å²) in [7, 11) is 1.56. The number of nitrogens with one attached hydrogen (secondary N) is 3. The van der Waals surface area contributed by atoms with Gasteiger partial charge in [-0.3, -0.25) is 4.79 Å². The van der Waals surface area contributed by atoms with E-state index in [2.05, 4.69) is 16.0 Å². The number of anilines is 1. The summed E-state index contributed by atoms with van der Waals surface area (Å²) in [5, 5.41) is 8.46. The predicted molar refractivity (Wildman–Crippen MR) is 105 cm³/mol. The van der Waals surface area contributed by atoms with Crippen molar-refractivity contribution in [1.82, 2.24) is 10.6 Å². The average Bonchev–Trinajstić information content (AvgIpc) is 2.59. The van der Waals surface area contributed by atoms with Crippen LogP contribution in [-0.2, 0) is 4.79 Å². The second-order valence-electron chi connectivity index (χ2n) is 6.64. The molecule has 3 amide bonds. The van der Waals surface area contributed by atoms with E-state index in [1.54, 1.807) is 20.1 Å². The standard InChI is InChI=1S/C21H23N3O3/c1-12-9-13(2)11-15(10-12)23-20(25)18-14(3)22-21(26)24-19(18)16-7-5-6-8-17(16)27-4/h5-11,19H,1-4H3,(H,23,25)(H2,22,24,26). The molecule has 1 unspecified atom stereocenters. The molecule has 2 aromatic carbocycles. The number of allylic oxidation sites excluding steroid dienone is 1. The van der Waals surface area contributed by atoms with E-state index >= 15 is 0 Å². The molecule has 2 aromatic rings. The number of rotatable bonds is 4. The lowest BCUT2D eigenvalue weighted by Gasteiger charge is -2.29. The third-order valence-corrected chi connectivity index (χ3v) is 4.44. The van der Waals surface area contributed by atoms with Gasteiger partial charge in [0.05, 0.1) is 18.7 Å². The lowest BCUT2D eigenvalue weighted by molar-refractivity contribution is -0.113. The molecule has 0 saturated heterocycles. The fourth-order valence-electron chi connectivity index (χ4n) is 3.38. The van der Waals surface area contributed by atoms with Gasteiger partial charge in [-0.25, -0.2) is 4.79 Å². The molecule has 0 spiro atoms. The number of aryl methyl sites for hydroxylation is 2. The maximum absolute atomic E-state index is 13.1. The number of benzene rings is 2. The number of ether oxygens (including phenoxy) is 1. The van der Waals surface area contributed by atoms with Crippen LogP contribution in [0.3, 0.4) is 0 Å². The smallest absolute Gasteiger partial charge is 0.319 e. The van der Waals surface area contributed by atoms with Crippen molar-refractivity contribution in [3.8, 4) is 5.75 Å². The van der Waals surface area contributed by atoms with Gasteiger partial charge in [-0.2, -0.15) is 0 Å². The number of carbonyl (C=O) groups is 2. The number of methoxy groups -OCH3 is 1. The van der Waals surface area contributed by atoms with Gasteiger partial charge < -0.3 is 20.7 Å². The summed E-state index contributed by atoms with van der Waals surface area (Å²) in [6, 6.07) is 12.2. The average molecular weight is 365 g/mol. The molecule has 27 heavy (non-hydrogen) atoms. The van der Waals surface area contributed by atoms with Gasteiger partial charge in [0, 0.05) is 16.9 Å². The van der Waals surface area contributed by atoms with Crippen molar-refractivity contribution in [2.45, 2.75) is 26.8 Å². The first-order valence-corrected chi connectivity index (χ1v) is 8.70. The zero-order valence-corrected chi connectivity index (χ0v) is 15.8. The first-order chi connectivity index (χ1) is 12.9. The minimum Gasteiger partial charge on any atom is -0.496 e. The van der Waals surface area contributed by atoms with Crippen molar-refractivity contribution >= 4 is 17.6 Å². The van der Waals surface area contributed by atoms with Crippen LogP contribution in [0, 0.1) is 13.8 Å². The van der Waals surface area contributed by atoms with Crippen LogP contribution >= 0.6 is 0 Å². The highest BCUT2D eigenvalue weighted by Gasteiger charge is 2.32. The Kier molecular flexibility index (Phi) is 5.16. The predicted octanol–water partition coefficient (Wildman–Crippen LogP) is 3.58. The van der Waals surface area contributed by atoms with Crippen LogP contribution in [-0.4, -0.2) is 19.0 Å². The fraction of sp³-hybridized carbons (Fsp3) is 0.238. The molecule has 0 bridgehead atoms. The Labute approximate surface area is 158 Å². The van der Waals surface area contributed by atoms with Gasteiger partial charge in [0.25, 0.3) is 5.91 Å². The zero-order valence-electron chi connectivity index (χ0n) is 15.8. The minimum absolute atomic E-state index is 0.277. The molecule has 0 aromatic heterocycles. The van der Waals surface area contributed by atoms with Crippen LogP contribution in [0.15, 0.2) is 53.7 Å². The van der Waals surface area contributed by atoms with E-state index < -0.39 is 6.04 Å². The summed E-state index contributed by atoms with van der Waals surface area (Å²) in [4.78, 5) is 25.1. The Morgan fingerprint density at radius 1 is 1.07 bits per heavy atom. The van der Waals surface area contributed by atoms with Gasteiger partial charge in [-0.1, -0.05) is 24.3 Å². The van der Waals surface area contributed by atoms with Gasteiger partial charge in [0.1, 0.15) is 5.75 Å². The summed E-state index contributed by atoms with van der Waals surface area (Å²) in [5.41, 5.74) is 4.52. The molecule has 1 aliphatic heterocycles. The Hall–Kier alpha value is -3.28. The van der Waals surface area contributed by atoms with Crippen molar-refractivity contribution < 1.29 is 14.3 Å². The lowest BCUT2D eigenvalue weighted by Crippen LogP contribution is -2.46. The van der Waals surface area contributed by atoms with Crippen LogP contribution in [0.2, 0.25) is 0 Å². The maximum Gasteiger partial charge on any atom is 0.319 e. The van der Waals surface area contributed by atoms with Gasteiger partial charge in [0.15, 0.2) is 0 Å². The minimum atomic E-state index is -0.610. The highest BCUT2D eigenvalue weighted by Crippen LogP contribution is 2.33. The van der Waals surface area contributed by atoms with E-state index in [0.717, 1.165) is 16.7 Å². The summed E-state index contributed by atoms with van der Waals surface area (Å²) >= 11 is 0. The first kappa shape index (κ1) is 18.5. The molecule has 1 aliphatic rings. The molecule has 140 valence electrons. The molecular formula is C21H23N3O3. The van der Waals surface area contributed by atoms with Crippen LogP contribution in [0.5, 0.6) is 5.75 Å². The Balaban J connectivity index is 2.00. The van der Waals surface area contributed by atoms with Gasteiger partial charge in [-0.15, -0.1) is 0 Å². The van der Waals surface area contributed by atoms with Crippen LogP contribution in [0.25, 0.3) is 0 Å². The molecule has 0 fully saturated rings. The summed E-state index contributed by atoms with van der Waals surface area (Å²) in [6.07, 6.45) is 0. The topological polar surface area (TPSA) is 79.5 Å². The molecule has 3 N–H and O–H groups in total. The third kappa shape index (κ3) is 3.95. The highest BCUT2D eigenvalue weighted by atomic mass is 16.5. The molecule has 1 heterocycles. The SMILES string of the molecule is COc1ccccc1C1NC(=O)NC(C)=C1C(=O)Nc1cc(C)cc(C)c1. The number of amides is 3. The van der Waals surface area contributed by atoms with Crippen molar-refractivity contribution in [1.29, 1.82) is 0 Å². The van der Waals surface area contributed by atoms with E-state index in [0.29, 0.717) is 22.7 Å². The van der Waals surface area contributed by atoms with Crippen LogP contribution in [0.4, 0.5) is 10.5 Å². The van der Waals surface area contributed by atoms with Crippen molar-refractivity contribution in [2.75, 3.05) is 12.4 Å². The molecule has 6 heteroatoms. The maximum atomic E-state index is 13.1. The highest BCUT2D eigenvalue weighted by molar-refractivity contribution is 6.07. The monoisotopic (exact) mass is 365 g/mol. The largest absolute Gasteiger partial charge is 0.496 e. The van der Waals surface area contributed by atoms with E-state index in [9.17, 15) is 9.59 Å². The number of carbonyl (C=O) groups excluding carboxylic acids is 2. The van der Waals surface area contributed by atoms with E-state index in [1.807, 2.05) is 50.2 Å². The summed E-state index contributed by atoms with van der Waals surface area (Å²) in [5.74, 6) is 0.329. The van der Waals surface area contributed by atoms with E-state index in [-0.39, 0.29) is 11.9 Å². The lowest BCUT2D eigenvalue weighted by atomic mass is 9.94. The van der Waals surface area contributed by atoms with Crippen LogP contribution in [0.1, 0.15) is 29.7 Å². The fourth-order valence-corrected chi connectivity index (χ4v) is 3.38. The van der Waals surface area contributed by atoms with Gasteiger partial charge >= 0.3 is 6.03 Å². The first-order valence-electron chi connectivity index (χ1n) is 8.70. The molecule has 0 radical (unpaired) electrons. The second-order valence-corrected chi connectivity index (χ2v) is 6.64. The Morgan fingerprint density at radius 3 is 2.41 bits per heavy atom. The molecule has 6 nitrogen and oxygen atoms in total. The Bertz CT molecular complexity index is 914. The Morgan fingerprint density at radius 2 is 1.74 bits per heavy atom. The second kappa shape index (κ2) is 7.53. The van der Waals surface area contributed by atoms with Crippen molar-refractivity contribution in [3.05, 3.63) is 70.4 Å². The van der Waals surface area contributed by atoms with Gasteiger partial charge in [-0.05, 0) is 50.1 Å². The molecule has 0 saturated carbocycles. The molecular weight excluding hydrogens is 342 g/mol. The number of hydrogen-bond acceptors (Lipinski definition) is 3. The number of hydrogen-bond donors (Lipinski definition) is 3. The van der Waals surface area contributed by atoms with Crippen molar-refractivity contribution in [3.63, 3.8) is 0 Å². The van der Waals surface area contributed by atoms with E-state index in [1.165, 1.54) is 0 Å². The van der Waals surface area contributed by atoms with Gasteiger partial charge in [0.2, 0.25) is 0 Å². The summed E-state index contributed by atoms with van der Waals surface area (Å²) < 4.78 is 5.42. The number of urea groups is 1. The molecule has 3 rings (SSSR count). The zero-order chi connectivity index (χ0) is 19.6. The van der Waals surface area contributed by atoms with Crippen molar-refractivity contribution in [2.24, 2.45) is 0 Å². The quantitative estimate of drug-likeness (QED) is 0.775. The van der Waals surface area contributed by atoms with E-state index in [4.69, 9.17) is 4.74 Å². The number of para-hydroxylation sites is 1. The third-order valence-electron chi connectivity index (χ3n) is 4.44. The molecule has 1 atom stereocenters. The molecule has 0 aliphatic carbocycles.